The van der Waals surface area contributed by atoms with Crippen molar-refractivity contribution in [3.63, 3.8) is 0 Å². The zero-order valence-electron chi connectivity index (χ0n) is 13.6. The molecule has 4 heteroatoms. The van der Waals surface area contributed by atoms with Gasteiger partial charge in [-0.15, -0.1) is 0 Å². The lowest BCUT2D eigenvalue weighted by Gasteiger charge is -2.46. The maximum absolute atomic E-state index is 6.34. The molecule has 0 aromatic carbocycles. The van der Waals surface area contributed by atoms with Crippen LogP contribution in [0.25, 0.3) is 0 Å². The molecule has 4 rings (SSSR count). The van der Waals surface area contributed by atoms with Gasteiger partial charge in [0.1, 0.15) is 6.61 Å². The van der Waals surface area contributed by atoms with Crippen LogP contribution in [0.5, 0.6) is 0 Å². The van der Waals surface area contributed by atoms with Crippen molar-refractivity contribution < 1.29 is 18.9 Å². The van der Waals surface area contributed by atoms with Gasteiger partial charge in [0, 0.05) is 0 Å². The first-order valence-electron chi connectivity index (χ1n) is 9.46. The Labute approximate surface area is 133 Å². The Morgan fingerprint density at radius 3 is 1.18 bits per heavy atom. The minimum absolute atomic E-state index is 0.296. The highest BCUT2D eigenvalue weighted by atomic mass is 16.9. The molecule has 0 atom stereocenters. The molecular formula is C18H30O4. The number of rotatable bonds is 9. The van der Waals surface area contributed by atoms with E-state index in [4.69, 9.17) is 18.9 Å². The van der Waals surface area contributed by atoms with Crippen LogP contribution in [0.15, 0.2) is 0 Å². The minimum atomic E-state index is -0.934. The Balaban J connectivity index is 1.41. The molecule has 0 aliphatic heterocycles. The standard InChI is InChI=1S/C18H30O4/c1-5-14(6-1)19-13-18(20-15-7-2-8-15,21-16-9-3-10-16)22-17-11-4-12-17/h14-17H,1-13H2. The van der Waals surface area contributed by atoms with E-state index in [0.717, 1.165) is 38.5 Å². The van der Waals surface area contributed by atoms with Crippen molar-refractivity contribution in [2.75, 3.05) is 6.61 Å². The summed E-state index contributed by atoms with van der Waals surface area (Å²) in [6, 6.07) is 0. The molecule has 0 unspecified atom stereocenters. The fraction of sp³-hybridized carbons (Fsp3) is 1.00. The lowest BCUT2D eigenvalue weighted by Crippen LogP contribution is -2.54. The SMILES string of the molecule is C1CC(OCC(OC2CCC2)(OC2CCC2)OC2CCC2)C1. The highest BCUT2D eigenvalue weighted by molar-refractivity contribution is 4.80. The van der Waals surface area contributed by atoms with Gasteiger partial charge in [-0.2, -0.15) is 0 Å². The second kappa shape index (κ2) is 6.76. The average Bonchev–Trinajstić information content (AvgIpc) is 2.31. The van der Waals surface area contributed by atoms with Crippen molar-refractivity contribution >= 4 is 0 Å². The predicted octanol–water partition coefficient (Wildman–Crippen LogP) is 3.92. The molecule has 0 aromatic heterocycles. The van der Waals surface area contributed by atoms with Gasteiger partial charge < -0.3 is 18.9 Å². The first-order chi connectivity index (χ1) is 10.8. The molecular weight excluding hydrogens is 280 g/mol. The monoisotopic (exact) mass is 310 g/mol. The molecule has 22 heavy (non-hydrogen) atoms. The molecule has 4 fully saturated rings. The first kappa shape index (κ1) is 15.4. The second-order valence-corrected chi connectivity index (χ2v) is 7.56. The summed E-state index contributed by atoms with van der Waals surface area (Å²) >= 11 is 0. The highest BCUT2D eigenvalue weighted by Crippen LogP contribution is 2.38. The fourth-order valence-electron chi connectivity index (χ4n) is 3.17. The van der Waals surface area contributed by atoms with Crippen molar-refractivity contribution in [2.24, 2.45) is 0 Å². The van der Waals surface area contributed by atoms with Crippen LogP contribution >= 0.6 is 0 Å². The Bertz CT molecular complexity index is 315. The van der Waals surface area contributed by atoms with Gasteiger partial charge in [0.15, 0.2) is 0 Å². The van der Waals surface area contributed by atoms with Crippen LogP contribution in [0, 0.1) is 0 Å². The molecule has 0 bridgehead atoms. The van der Waals surface area contributed by atoms with Crippen molar-refractivity contribution in [1.82, 2.24) is 0 Å². The fourth-order valence-corrected chi connectivity index (χ4v) is 3.17. The van der Waals surface area contributed by atoms with Crippen LogP contribution in [0.1, 0.15) is 77.0 Å². The predicted molar refractivity (Wildman–Crippen MR) is 82.5 cm³/mol. The minimum Gasteiger partial charge on any atom is -0.370 e. The van der Waals surface area contributed by atoms with Crippen LogP contribution in [-0.2, 0) is 18.9 Å². The van der Waals surface area contributed by atoms with E-state index in [1.165, 1.54) is 38.5 Å². The van der Waals surface area contributed by atoms with Crippen molar-refractivity contribution in [3.05, 3.63) is 0 Å². The topological polar surface area (TPSA) is 36.9 Å². The lowest BCUT2D eigenvalue weighted by molar-refractivity contribution is -0.444. The van der Waals surface area contributed by atoms with E-state index in [1.54, 1.807) is 0 Å². The third-order valence-corrected chi connectivity index (χ3v) is 5.74. The van der Waals surface area contributed by atoms with E-state index in [1.807, 2.05) is 0 Å². The molecule has 0 N–H and O–H groups in total. The zero-order chi connectivity index (χ0) is 14.8. The Hall–Kier alpha value is -0.160. The zero-order valence-corrected chi connectivity index (χ0v) is 13.6. The van der Waals surface area contributed by atoms with Gasteiger partial charge in [0.05, 0.1) is 24.4 Å². The Kier molecular flexibility index (Phi) is 4.72. The van der Waals surface area contributed by atoms with Crippen LogP contribution in [0.4, 0.5) is 0 Å². The van der Waals surface area contributed by atoms with Crippen molar-refractivity contribution in [3.8, 4) is 0 Å². The largest absolute Gasteiger partial charge is 0.370 e. The highest BCUT2D eigenvalue weighted by Gasteiger charge is 2.45. The second-order valence-electron chi connectivity index (χ2n) is 7.56. The van der Waals surface area contributed by atoms with Gasteiger partial charge in [-0.25, -0.2) is 0 Å². The van der Waals surface area contributed by atoms with E-state index in [2.05, 4.69) is 0 Å². The van der Waals surface area contributed by atoms with Crippen molar-refractivity contribution in [2.45, 2.75) is 107 Å². The number of ether oxygens (including phenoxy) is 4. The summed E-state index contributed by atoms with van der Waals surface area (Å²) in [5.41, 5.74) is 0. The molecule has 0 radical (unpaired) electrons. The molecule has 4 aliphatic carbocycles. The van der Waals surface area contributed by atoms with E-state index in [-0.39, 0.29) is 0 Å². The Morgan fingerprint density at radius 1 is 0.545 bits per heavy atom. The van der Waals surface area contributed by atoms with Gasteiger partial charge in [0.2, 0.25) is 0 Å². The maximum atomic E-state index is 6.34. The van der Waals surface area contributed by atoms with Crippen LogP contribution in [0.2, 0.25) is 0 Å². The molecule has 4 nitrogen and oxygen atoms in total. The smallest absolute Gasteiger partial charge is 0.308 e. The van der Waals surface area contributed by atoms with Crippen molar-refractivity contribution in [1.29, 1.82) is 0 Å². The van der Waals surface area contributed by atoms with Gasteiger partial charge in [0.25, 0.3) is 0 Å². The third-order valence-electron chi connectivity index (χ3n) is 5.74. The van der Waals surface area contributed by atoms with Gasteiger partial charge in [-0.05, 0) is 77.0 Å². The molecule has 0 amide bonds. The first-order valence-corrected chi connectivity index (χ1v) is 9.46. The summed E-state index contributed by atoms with van der Waals surface area (Å²) in [5.74, 6) is -0.934. The van der Waals surface area contributed by atoms with Gasteiger partial charge >= 0.3 is 5.97 Å². The van der Waals surface area contributed by atoms with Crippen LogP contribution in [-0.4, -0.2) is 37.0 Å². The lowest BCUT2D eigenvalue weighted by atomic mass is 9.94. The van der Waals surface area contributed by atoms with E-state index in [0.29, 0.717) is 31.0 Å². The molecule has 0 saturated heterocycles. The third kappa shape index (κ3) is 3.50. The van der Waals surface area contributed by atoms with Gasteiger partial charge in [-0.1, -0.05) is 0 Å². The summed E-state index contributed by atoms with van der Waals surface area (Å²) in [6.07, 6.45) is 15.5. The maximum Gasteiger partial charge on any atom is 0.308 e. The molecule has 0 spiro atoms. The molecule has 4 aliphatic rings. The number of hydrogen-bond donors (Lipinski definition) is 0. The summed E-state index contributed by atoms with van der Waals surface area (Å²) in [7, 11) is 0. The summed E-state index contributed by atoms with van der Waals surface area (Å²) in [6.45, 7) is 0.446. The molecule has 0 heterocycles. The normalized spacial score (nSPS) is 27.8. The van der Waals surface area contributed by atoms with E-state index < -0.39 is 5.97 Å². The van der Waals surface area contributed by atoms with Crippen LogP contribution in [0.3, 0.4) is 0 Å². The molecule has 4 saturated carbocycles. The molecule has 0 aromatic rings. The Morgan fingerprint density at radius 2 is 0.909 bits per heavy atom. The number of hydrogen-bond acceptors (Lipinski definition) is 4. The molecule has 126 valence electrons. The van der Waals surface area contributed by atoms with Crippen LogP contribution < -0.4 is 0 Å². The summed E-state index contributed by atoms with van der Waals surface area (Å²) < 4.78 is 25.1. The van der Waals surface area contributed by atoms with E-state index in [9.17, 15) is 0 Å². The van der Waals surface area contributed by atoms with Gasteiger partial charge in [-0.3, -0.25) is 0 Å². The summed E-state index contributed by atoms with van der Waals surface area (Å²) in [5, 5.41) is 0. The quantitative estimate of drug-likeness (QED) is 0.605. The van der Waals surface area contributed by atoms with E-state index >= 15 is 0 Å². The average molecular weight is 310 g/mol. The summed E-state index contributed by atoms with van der Waals surface area (Å²) in [4.78, 5) is 0.